The van der Waals surface area contributed by atoms with Crippen molar-refractivity contribution in [3.63, 3.8) is 0 Å². The van der Waals surface area contributed by atoms with Crippen LogP contribution in [0.5, 0.6) is 0 Å². The normalized spacial score (nSPS) is 15.3. The molecule has 0 amide bonds. The quantitative estimate of drug-likeness (QED) is 0.457. The number of aromatic nitrogens is 4. The van der Waals surface area contributed by atoms with Gasteiger partial charge in [0.25, 0.3) is 0 Å². The summed E-state index contributed by atoms with van der Waals surface area (Å²) in [4.78, 5) is 12.0. The number of anilines is 1. The van der Waals surface area contributed by atoms with E-state index in [2.05, 4.69) is 60.1 Å². The van der Waals surface area contributed by atoms with Crippen molar-refractivity contribution in [1.29, 1.82) is 0 Å². The molecule has 4 aromatic rings. The van der Waals surface area contributed by atoms with Gasteiger partial charge in [-0.1, -0.05) is 36.4 Å². The maximum Gasteiger partial charge on any atom is 0.157 e. The van der Waals surface area contributed by atoms with Crippen molar-refractivity contribution < 1.29 is 0 Å². The molecule has 0 radical (unpaired) electrons. The molecular weight excluding hydrogens is 394 g/mol. The van der Waals surface area contributed by atoms with E-state index in [0.29, 0.717) is 0 Å². The highest BCUT2D eigenvalue weighted by Gasteiger charge is 2.32. The van der Waals surface area contributed by atoms with Crippen LogP contribution >= 0.6 is 12.4 Å². The van der Waals surface area contributed by atoms with E-state index in [-0.39, 0.29) is 17.9 Å². The summed E-state index contributed by atoms with van der Waals surface area (Å²) in [6.07, 6.45) is 6.86. The monoisotopic (exact) mass is 419 g/mol. The first-order valence-electron chi connectivity index (χ1n) is 10.2. The SMILES string of the molecule is CC1(C)CCCN1c1cccc(Cc2cc(-c3ccccc3)nn3ccnc23)n1.Cl. The van der Waals surface area contributed by atoms with Crippen LogP contribution in [0.1, 0.15) is 37.9 Å². The minimum atomic E-state index is 0. The molecule has 1 fully saturated rings. The molecule has 0 N–H and O–H groups in total. The molecular formula is C24H26ClN5. The highest BCUT2D eigenvalue weighted by atomic mass is 35.5. The third kappa shape index (κ3) is 3.77. The number of rotatable bonds is 4. The number of nitrogens with zero attached hydrogens (tertiary/aromatic N) is 5. The van der Waals surface area contributed by atoms with E-state index < -0.39 is 0 Å². The predicted octanol–water partition coefficient (Wildman–Crippen LogP) is 5.18. The van der Waals surface area contributed by atoms with Crippen molar-refractivity contribution in [3.8, 4) is 11.3 Å². The Morgan fingerprint density at radius 2 is 1.87 bits per heavy atom. The van der Waals surface area contributed by atoms with Crippen LogP contribution in [0.3, 0.4) is 0 Å². The van der Waals surface area contributed by atoms with Crippen molar-refractivity contribution in [3.05, 3.63) is 78.2 Å². The van der Waals surface area contributed by atoms with Gasteiger partial charge in [0, 0.05) is 47.7 Å². The summed E-state index contributed by atoms with van der Waals surface area (Å²) in [6.45, 7) is 5.68. The van der Waals surface area contributed by atoms with Crippen LogP contribution in [0.2, 0.25) is 0 Å². The van der Waals surface area contributed by atoms with E-state index in [1.54, 1.807) is 6.20 Å². The Morgan fingerprint density at radius 3 is 2.63 bits per heavy atom. The third-order valence-corrected chi connectivity index (χ3v) is 5.85. The van der Waals surface area contributed by atoms with Crippen molar-refractivity contribution in [2.75, 3.05) is 11.4 Å². The summed E-state index contributed by atoms with van der Waals surface area (Å²) in [5, 5.41) is 4.73. The van der Waals surface area contributed by atoms with Crippen molar-refractivity contribution in [1.82, 2.24) is 19.6 Å². The van der Waals surface area contributed by atoms with Crippen molar-refractivity contribution >= 4 is 23.9 Å². The van der Waals surface area contributed by atoms with Crippen molar-refractivity contribution in [2.45, 2.75) is 38.6 Å². The molecule has 0 unspecified atom stereocenters. The van der Waals surface area contributed by atoms with E-state index in [4.69, 9.17) is 10.1 Å². The fourth-order valence-corrected chi connectivity index (χ4v) is 4.31. The number of pyridine rings is 1. The molecule has 0 saturated carbocycles. The molecule has 0 atom stereocenters. The molecule has 0 spiro atoms. The van der Waals surface area contributed by atoms with E-state index >= 15 is 0 Å². The van der Waals surface area contributed by atoms with Gasteiger partial charge in [0.1, 0.15) is 5.82 Å². The summed E-state index contributed by atoms with van der Waals surface area (Å²) in [5.41, 5.74) is 5.29. The zero-order valence-corrected chi connectivity index (χ0v) is 18.1. The number of halogens is 1. The summed E-state index contributed by atoms with van der Waals surface area (Å²) < 4.78 is 1.87. The lowest BCUT2D eigenvalue weighted by Gasteiger charge is -2.32. The van der Waals surface area contributed by atoms with E-state index in [1.165, 1.54) is 12.8 Å². The Labute approximate surface area is 183 Å². The van der Waals surface area contributed by atoms with Gasteiger partial charge in [0.2, 0.25) is 0 Å². The third-order valence-electron chi connectivity index (χ3n) is 5.85. The van der Waals surface area contributed by atoms with Crippen LogP contribution in [0, 0.1) is 0 Å². The number of fused-ring (bicyclic) bond motifs is 1. The van der Waals surface area contributed by atoms with Gasteiger partial charge >= 0.3 is 0 Å². The molecule has 4 heterocycles. The second-order valence-electron chi connectivity index (χ2n) is 8.35. The van der Waals surface area contributed by atoms with E-state index in [1.807, 2.05) is 28.9 Å². The van der Waals surface area contributed by atoms with Crippen LogP contribution < -0.4 is 4.90 Å². The molecule has 30 heavy (non-hydrogen) atoms. The smallest absolute Gasteiger partial charge is 0.157 e. The Balaban J connectivity index is 0.00000218. The Bertz CT molecular complexity index is 1150. The van der Waals surface area contributed by atoms with Gasteiger partial charge in [-0.15, -0.1) is 12.4 Å². The summed E-state index contributed by atoms with van der Waals surface area (Å²) >= 11 is 0. The maximum atomic E-state index is 5.01. The molecule has 6 heteroatoms. The lowest BCUT2D eigenvalue weighted by atomic mass is 10.0. The number of imidazole rings is 1. The summed E-state index contributed by atoms with van der Waals surface area (Å²) in [6, 6.07) is 18.8. The molecule has 1 aliphatic heterocycles. The molecule has 0 bridgehead atoms. The second kappa shape index (κ2) is 8.07. The Hall–Kier alpha value is -2.92. The van der Waals surface area contributed by atoms with Gasteiger partial charge in [0.15, 0.2) is 5.65 Å². The molecule has 1 aromatic carbocycles. The largest absolute Gasteiger partial charge is 0.351 e. The number of hydrogen-bond donors (Lipinski definition) is 0. The fourth-order valence-electron chi connectivity index (χ4n) is 4.31. The van der Waals surface area contributed by atoms with Gasteiger partial charge in [-0.25, -0.2) is 14.5 Å². The fraction of sp³-hybridized carbons (Fsp3) is 0.292. The van der Waals surface area contributed by atoms with Crippen LogP contribution in [0.25, 0.3) is 16.9 Å². The number of hydrogen-bond acceptors (Lipinski definition) is 4. The van der Waals surface area contributed by atoms with Gasteiger partial charge in [-0.05, 0) is 44.9 Å². The highest BCUT2D eigenvalue weighted by molar-refractivity contribution is 5.85. The molecule has 1 saturated heterocycles. The lowest BCUT2D eigenvalue weighted by molar-refractivity contribution is 0.514. The van der Waals surface area contributed by atoms with Gasteiger partial charge in [0.05, 0.1) is 5.69 Å². The predicted molar refractivity (Wildman–Crippen MR) is 123 cm³/mol. The van der Waals surface area contributed by atoms with E-state index in [9.17, 15) is 0 Å². The first-order chi connectivity index (χ1) is 14.1. The van der Waals surface area contributed by atoms with Crippen molar-refractivity contribution in [2.24, 2.45) is 0 Å². The Morgan fingerprint density at radius 1 is 1.03 bits per heavy atom. The highest BCUT2D eigenvalue weighted by Crippen LogP contribution is 2.32. The number of benzene rings is 1. The zero-order valence-electron chi connectivity index (χ0n) is 17.3. The average molecular weight is 420 g/mol. The summed E-state index contributed by atoms with van der Waals surface area (Å²) in [5.74, 6) is 1.07. The summed E-state index contributed by atoms with van der Waals surface area (Å²) in [7, 11) is 0. The molecule has 154 valence electrons. The van der Waals surface area contributed by atoms with Gasteiger partial charge < -0.3 is 4.90 Å². The molecule has 1 aliphatic rings. The first kappa shape index (κ1) is 20.4. The molecule has 5 nitrogen and oxygen atoms in total. The van der Waals surface area contributed by atoms with Crippen LogP contribution in [0.15, 0.2) is 67.0 Å². The van der Waals surface area contributed by atoms with E-state index in [0.717, 1.165) is 46.9 Å². The van der Waals surface area contributed by atoms with Gasteiger partial charge in [-0.2, -0.15) is 5.10 Å². The Kier molecular flexibility index (Phi) is 5.48. The zero-order chi connectivity index (χ0) is 19.8. The molecule has 5 rings (SSSR count). The van der Waals surface area contributed by atoms with Crippen LogP contribution in [0.4, 0.5) is 5.82 Å². The molecule has 3 aromatic heterocycles. The lowest BCUT2D eigenvalue weighted by Crippen LogP contribution is -2.38. The van der Waals surface area contributed by atoms with Gasteiger partial charge in [-0.3, -0.25) is 0 Å². The molecule has 0 aliphatic carbocycles. The van der Waals surface area contributed by atoms with Crippen LogP contribution in [-0.2, 0) is 6.42 Å². The van der Waals surface area contributed by atoms with Crippen LogP contribution in [-0.4, -0.2) is 31.7 Å². The first-order valence-corrected chi connectivity index (χ1v) is 10.2. The topological polar surface area (TPSA) is 46.3 Å². The maximum absolute atomic E-state index is 5.01. The minimum absolute atomic E-state index is 0. The average Bonchev–Trinajstić information content (AvgIpc) is 3.34. The standard InChI is InChI=1S/C24H25N5.ClH/c1-24(2)12-7-14-28(24)22-11-6-10-20(26-22)16-19-17-21(18-8-4-3-5-9-18)27-29-15-13-25-23(19)29;/h3-6,8-11,13,15,17H,7,12,14,16H2,1-2H3;1H. The second-order valence-corrected chi connectivity index (χ2v) is 8.35. The minimum Gasteiger partial charge on any atom is -0.351 e.